The van der Waals surface area contributed by atoms with Crippen LogP contribution < -0.4 is 4.74 Å². The van der Waals surface area contributed by atoms with Crippen LogP contribution in [0.3, 0.4) is 0 Å². The summed E-state index contributed by atoms with van der Waals surface area (Å²) in [4.78, 5) is 3.89. The van der Waals surface area contributed by atoms with E-state index in [9.17, 15) is 0 Å². The molecule has 0 aromatic carbocycles. The van der Waals surface area contributed by atoms with Crippen molar-refractivity contribution >= 4 is 0 Å². The van der Waals surface area contributed by atoms with Crippen molar-refractivity contribution in [3.8, 4) is 11.8 Å². The van der Waals surface area contributed by atoms with Gasteiger partial charge in [-0.3, -0.25) is 0 Å². The van der Waals surface area contributed by atoms with Crippen LogP contribution in [-0.4, -0.2) is 11.6 Å². The Hall–Kier alpha value is -1.56. The molecule has 0 fully saturated rings. The molecule has 1 rings (SSSR count). The number of nitrogens with zero attached hydrogens (tertiary/aromatic N) is 2. The average Bonchev–Trinajstić information content (AvgIpc) is 2.19. The van der Waals surface area contributed by atoms with Crippen molar-refractivity contribution in [1.29, 1.82) is 5.26 Å². The molecule has 0 amide bonds. The van der Waals surface area contributed by atoms with Gasteiger partial charge >= 0.3 is 0 Å². The molecule has 1 aromatic heterocycles. The largest absolute Gasteiger partial charge is 0.491 e. The van der Waals surface area contributed by atoms with Crippen LogP contribution in [0.4, 0.5) is 0 Å². The van der Waals surface area contributed by atoms with E-state index in [4.69, 9.17) is 10.00 Å². The van der Waals surface area contributed by atoms with E-state index < -0.39 is 0 Å². The Morgan fingerprint density at radius 3 is 3.15 bits per heavy atom. The predicted molar refractivity (Wildman–Crippen MR) is 49.4 cm³/mol. The molecule has 3 heteroatoms. The zero-order valence-corrected chi connectivity index (χ0v) is 7.66. The van der Waals surface area contributed by atoms with E-state index in [0.717, 1.165) is 12.8 Å². The minimum Gasteiger partial charge on any atom is -0.491 e. The van der Waals surface area contributed by atoms with Crippen LogP contribution in [0, 0.1) is 11.3 Å². The molecule has 1 heterocycles. The average molecular weight is 176 g/mol. The fourth-order valence-corrected chi connectivity index (χ4v) is 0.917. The normalized spacial score (nSPS) is 9.23. The molecule has 1 aromatic rings. The third-order valence-electron chi connectivity index (χ3n) is 1.63. The first kappa shape index (κ1) is 9.53. The molecule has 0 radical (unpaired) electrons. The second-order valence-corrected chi connectivity index (χ2v) is 2.66. The van der Waals surface area contributed by atoms with Gasteiger partial charge in [0.2, 0.25) is 0 Å². The molecule has 0 spiro atoms. The zero-order valence-electron chi connectivity index (χ0n) is 7.66. The molecular formula is C10H12N2O. The lowest BCUT2D eigenvalue weighted by Gasteiger charge is -2.04. The first-order chi connectivity index (χ1) is 6.38. The highest BCUT2D eigenvalue weighted by Gasteiger charge is 2.01. The summed E-state index contributed by atoms with van der Waals surface area (Å²) in [6.45, 7) is 2.74. The van der Waals surface area contributed by atoms with E-state index in [2.05, 4.69) is 11.9 Å². The molecule has 0 atom stereocenters. The molecule has 0 bridgehead atoms. The van der Waals surface area contributed by atoms with Crippen molar-refractivity contribution in [1.82, 2.24) is 4.98 Å². The maximum atomic E-state index is 8.68. The maximum absolute atomic E-state index is 8.68. The van der Waals surface area contributed by atoms with Crippen LogP contribution in [0.1, 0.15) is 25.5 Å². The summed E-state index contributed by atoms with van der Waals surface area (Å²) < 4.78 is 5.38. The van der Waals surface area contributed by atoms with Gasteiger partial charge in [0.1, 0.15) is 6.07 Å². The number of aromatic nitrogens is 1. The topological polar surface area (TPSA) is 45.9 Å². The van der Waals surface area contributed by atoms with Gasteiger partial charge in [-0.05, 0) is 18.6 Å². The van der Waals surface area contributed by atoms with Crippen molar-refractivity contribution < 1.29 is 4.74 Å². The van der Waals surface area contributed by atoms with E-state index in [-0.39, 0.29) is 0 Å². The van der Waals surface area contributed by atoms with Crippen LogP contribution >= 0.6 is 0 Å². The van der Waals surface area contributed by atoms with E-state index in [1.807, 2.05) is 6.07 Å². The van der Waals surface area contributed by atoms with Gasteiger partial charge in [0, 0.05) is 6.20 Å². The summed E-state index contributed by atoms with van der Waals surface area (Å²) in [7, 11) is 0. The molecule has 0 aliphatic rings. The van der Waals surface area contributed by atoms with Crippen molar-refractivity contribution in [3.63, 3.8) is 0 Å². The molecular weight excluding hydrogens is 164 g/mol. The van der Waals surface area contributed by atoms with Crippen LogP contribution in [0.15, 0.2) is 18.3 Å². The van der Waals surface area contributed by atoms with Crippen LogP contribution in [0.2, 0.25) is 0 Å². The van der Waals surface area contributed by atoms with Crippen LogP contribution in [0.25, 0.3) is 0 Å². The molecule has 13 heavy (non-hydrogen) atoms. The van der Waals surface area contributed by atoms with Gasteiger partial charge in [0.05, 0.1) is 6.61 Å². The zero-order chi connectivity index (χ0) is 9.52. The Morgan fingerprint density at radius 2 is 2.46 bits per heavy atom. The van der Waals surface area contributed by atoms with Gasteiger partial charge in [-0.2, -0.15) is 5.26 Å². The van der Waals surface area contributed by atoms with E-state index in [0.29, 0.717) is 18.1 Å². The molecule has 0 aliphatic carbocycles. The summed E-state index contributed by atoms with van der Waals surface area (Å²) in [5.41, 5.74) is 0.360. The Bertz CT molecular complexity index is 304. The summed E-state index contributed by atoms with van der Waals surface area (Å²) in [6.07, 6.45) is 3.67. The third-order valence-corrected chi connectivity index (χ3v) is 1.63. The molecule has 0 saturated carbocycles. The molecule has 0 aliphatic heterocycles. The number of hydrogen-bond acceptors (Lipinski definition) is 3. The summed E-state index contributed by atoms with van der Waals surface area (Å²) in [6, 6.07) is 5.52. The van der Waals surface area contributed by atoms with E-state index in [1.54, 1.807) is 18.3 Å². The predicted octanol–water partition coefficient (Wildman–Crippen LogP) is 2.13. The summed E-state index contributed by atoms with van der Waals surface area (Å²) in [5.74, 6) is 0.582. The van der Waals surface area contributed by atoms with Gasteiger partial charge in [-0.1, -0.05) is 13.3 Å². The molecule has 3 nitrogen and oxygen atoms in total. The summed E-state index contributed by atoms with van der Waals surface area (Å²) in [5, 5.41) is 8.68. The number of hydrogen-bond donors (Lipinski definition) is 0. The highest BCUT2D eigenvalue weighted by atomic mass is 16.5. The molecule has 68 valence electrons. The Morgan fingerprint density at radius 1 is 1.62 bits per heavy atom. The Kier molecular flexibility index (Phi) is 3.77. The smallest absolute Gasteiger partial charge is 0.182 e. The van der Waals surface area contributed by atoms with Crippen LogP contribution in [0.5, 0.6) is 5.75 Å². The highest BCUT2D eigenvalue weighted by Crippen LogP contribution is 2.13. The Balaban J connectivity index is 2.60. The van der Waals surface area contributed by atoms with Gasteiger partial charge in [-0.25, -0.2) is 4.98 Å². The number of nitriles is 1. The van der Waals surface area contributed by atoms with Gasteiger partial charge in [-0.15, -0.1) is 0 Å². The lowest BCUT2D eigenvalue weighted by Crippen LogP contribution is -1.99. The monoisotopic (exact) mass is 176 g/mol. The maximum Gasteiger partial charge on any atom is 0.182 e. The number of pyridine rings is 1. The third kappa shape index (κ3) is 2.75. The van der Waals surface area contributed by atoms with Crippen LogP contribution in [-0.2, 0) is 0 Å². The minimum absolute atomic E-state index is 0.360. The van der Waals surface area contributed by atoms with Gasteiger partial charge in [0.25, 0.3) is 0 Å². The highest BCUT2D eigenvalue weighted by molar-refractivity contribution is 5.36. The lowest BCUT2D eigenvalue weighted by molar-refractivity contribution is 0.307. The van der Waals surface area contributed by atoms with Crippen molar-refractivity contribution in [2.24, 2.45) is 0 Å². The fourth-order valence-electron chi connectivity index (χ4n) is 0.917. The minimum atomic E-state index is 0.360. The van der Waals surface area contributed by atoms with Gasteiger partial charge < -0.3 is 4.74 Å². The van der Waals surface area contributed by atoms with Crippen molar-refractivity contribution in [3.05, 3.63) is 24.0 Å². The number of unbranched alkanes of at least 4 members (excludes halogenated alkanes) is 1. The first-order valence-electron chi connectivity index (χ1n) is 4.36. The van der Waals surface area contributed by atoms with E-state index >= 15 is 0 Å². The lowest BCUT2D eigenvalue weighted by atomic mass is 10.3. The standard InChI is InChI=1S/C10H12N2O/c1-2-3-7-13-10-5-4-6-12-9(10)8-11/h4-6H,2-3,7H2,1H3. The molecule has 0 N–H and O–H groups in total. The molecule has 0 saturated heterocycles. The van der Waals surface area contributed by atoms with Crippen molar-refractivity contribution in [2.45, 2.75) is 19.8 Å². The van der Waals surface area contributed by atoms with Gasteiger partial charge in [0.15, 0.2) is 11.4 Å². The second kappa shape index (κ2) is 5.15. The fraction of sp³-hybridized carbons (Fsp3) is 0.400. The van der Waals surface area contributed by atoms with E-state index in [1.165, 1.54) is 0 Å². The number of rotatable bonds is 4. The first-order valence-corrected chi connectivity index (χ1v) is 4.36. The SMILES string of the molecule is CCCCOc1cccnc1C#N. The quantitative estimate of drug-likeness (QED) is 0.660. The molecule has 0 unspecified atom stereocenters. The second-order valence-electron chi connectivity index (χ2n) is 2.66. The Labute approximate surface area is 78.0 Å². The van der Waals surface area contributed by atoms with Crippen molar-refractivity contribution in [2.75, 3.05) is 6.61 Å². The number of ether oxygens (including phenoxy) is 1. The summed E-state index contributed by atoms with van der Waals surface area (Å²) >= 11 is 0.